The second kappa shape index (κ2) is 15.4. The highest BCUT2D eigenvalue weighted by Crippen LogP contribution is 2.28. The Labute approximate surface area is 265 Å². The molecule has 0 radical (unpaired) electrons. The summed E-state index contributed by atoms with van der Waals surface area (Å²) in [6.07, 6.45) is 1.31. The zero-order valence-corrected chi connectivity index (χ0v) is 26.3. The molecule has 4 rings (SSSR count). The number of rotatable bonds is 8. The molecule has 14 heteroatoms. The van der Waals surface area contributed by atoms with E-state index in [-0.39, 0.29) is 64.3 Å². The number of aliphatic carboxylic acids is 1. The lowest BCUT2D eigenvalue weighted by Crippen LogP contribution is -2.34. The summed E-state index contributed by atoms with van der Waals surface area (Å²) in [5.74, 6) is -1.97. The number of anilines is 2. The molecule has 0 saturated carbocycles. The minimum atomic E-state index is -0.892. The molecule has 2 aliphatic heterocycles. The summed E-state index contributed by atoms with van der Waals surface area (Å²) in [7, 11) is 0. The van der Waals surface area contributed by atoms with Crippen molar-refractivity contribution in [1.29, 1.82) is 0 Å². The van der Waals surface area contributed by atoms with Crippen LogP contribution in [-0.4, -0.2) is 93.7 Å². The molecule has 2 fully saturated rings. The molecule has 2 atom stereocenters. The number of phenols is 2. The quantitative estimate of drug-likeness (QED) is 0.207. The van der Waals surface area contributed by atoms with Gasteiger partial charge in [0.2, 0.25) is 11.8 Å². The van der Waals surface area contributed by atoms with Crippen LogP contribution in [0.25, 0.3) is 0 Å². The van der Waals surface area contributed by atoms with Crippen LogP contribution in [0.4, 0.5) is 11.4 Å². The molecule has 2 amide bonds. The lowest BCUT2D eigenvalue weighted by Gasteiger charge is -2.22. The van der Waals surface area contributed by atoms with Gasteiger partial charge in [0.25, 0.3) is 0 Å². The lowest BCUT2D eigenvalue weighted by molar-refractivity contribution is -0.156. The number of aromatic hydroxyl groups is 2. The highest BCUT2D eigenvalue weighted by Gasteiger charge is 2.31. The molecule has 2 heterocycles. The fourth-order valence-corrected chi connectivity index (χ4v) is 5.15. The van der Waals surface area contributed by atoms with Crippen molar-refractivity contribution in [3.8, 4) is 11.5 Å². The van der Waals surface area contributed by atoms with Gasteiger partial charge in [0.1, 0.15) is 17.1 Å². The van der Waals surface area contributed by atoms with Crippen molar-refractivity contribution in [2.45, 2.75) is 39.2 Å². The van der Waals surface area contributed by atoms with E-state index in [1.807, 2.05) is 25.7 Å². The van der Waals surface area contributed by atoms with Gasteiger partial charge in [0, 0.05) is 24.5 Å². The molecule has 44 heavy (non-hydrogen) atoms. The third-order valence-corrected chi connectivity index (χ3v) is 7.45. The van der Waals surface area contributed by atoms with Gasteiger partial charge in [-0.2, -0.15) is 0 Å². The Bertz CT molecular complexity index is 1370. The molecule has 2 aliphatic rings. The first kappa shape index (κ1) is 34.9. The monoisotopic (exact) mass is 652 g/mol. The number of carboxylic acids is 1. The van der Waals surface area contributed by atoms with Crippen molar-refractivity contribution in [2.24, 2.45) is 11.8 Å². The molecule has 12 nitrogen and oxygen atoms in total. The summed E-state index contributed by atoms with van der Waals surface area (Å²) in [6, 6.07) is 8.96. The first-order chi connectivity index (χ1) is 20.6. The zero-order chi connectivity index (χ0) is 32.6. The second-order valence-electron chi connectivity index (χ2n) is 11.7. The van der Waals surface area contributed by atoms with Gasteiger partial charge in [0.05, 0.1) is 35.0 Å². The fourth-order valence-electron chi connectivity index (χ4n) is 4.79. The number of hydrogen-bond donors (Lipinski definition) is 5. The highest BCUT2D eigenvalue weighted by atomic mass is 35.5. The van der Waals surface area contributed by atoms with E-state index >= 15 is 0 Å². The number of hydrogen-bond acceptors (Lipinski definition) is 9. The summed E-state index contributed by atoms with van der Waals surface area (Å²) in [5, 5.41) is 33.3. The molecule has 0 aliphatic carbocycles. The van der Waals surface area contributed by atoms with Gasteiger partial charge in [-0.15, -0.1) is 0 Å². The van der Waals surface area contributed by atoms with Crippen LogP contribution < -0.4 is 10.6 Å². The number of benzene rings is 2. The van der Waals surface area contributed by atoms with Gasteiger partial charge in [-0.25, -0.2) is 0 Å². The minimum Gasteiger partial charge on any atom is -0.506 e. The Morgan fingerprint density at radius 3 is 1.64 bits per heavy atom. The van der Waals surface area contributed by atoms with Gasteiger partial charge < -0.3 is 30.7 Å². The van der Waals surface area contributed by atoms with Crippen molar-refractivity contribution in [2.75, 3.05) is 49.9 Å². The van der Waals surface area contributed by atoms with E-state index in [0.29, 0.717) is 50.4 Å². The molecule has 0 aromatic heterocycles. The van der Waals surface area contributed by atoms with E-state index in [2.05, 4.69) is 10.6 Å². The summed E-state index contributed by atoms with van der Waals surface area (Å²) in [4.78, 5) is 50.5. The molecule has 2 saturated heterocycles. The number of phenolic OH excluding ortho intramolecular Hbond substituents is 2. The van der Waals surface area contributed by atoms with Crippen molar-refractivity contribution in [3.63, 3.8) is 0 Å². The normalized spacial score (nSPS) is 18.7. The summed E-state index contributed by atoms with van der Waals surface area (Å²) < 4.78 is 5.30. The molecule has 2 aromatic carbocycles. The lowest BCUT2D eigenvalue weighted by atomic mass is 10.1. The van der Waals surface area contributed by atoms with E-state index in [4.69, 9.17) is 33.0 Å². The third-order valence-electron chi connectivity index (χ3n) is 6.85. The molecule has 240 valence electrons. The Morgan fingerprint density at radius 2 is 1.25 bits per heavy atom. The van der Waals surface area contributed by atoms with Crippen LogP contribution in [0.15, 0.2) is 36.4 Å². The number of likely N-dealkylation sites (tertiary alicyclic amines) is 2. The summed E-state index contributed by atoms with van der Waals surface area (Å²) in [5.41, 5.74) is 0.536. The van der Waals surface area contributed by atoms with E-state index < -0.39 is 11.6 Å². The average molecular weight is 654 g/mol. The predicted octanol–water partition coefficient (Wildman–Crippen LogP) is 4.04. The average Bonchev–Trinajstić information content (AvgIpc) is 3.57. The smallest absolute Gasteiger partial charge is 0.320 e. The maximum absolute atomic E-state index is 12.3. The van der Waals surface area contributed by atoms with Crippen molar-refractivity contribution >= 4 is 58.3 Å². The number of halogens is 2. The number of nitrogens with zero attached hydrogens (tertiary/aromatic N) is 2. The maximum Gasteiger partial charge on any atom is 0.320 e. The first-order valence-electron chi connectivity index (χ1n) is 14.1. The van der Waals surface area contributed by atoms with E-state index in [1.165, 1.54) is 24.3 Å². The van der Waals surface area contributed by atoms with Crippen LogP contribution in [0.3, 0.4) is 0 Å². The Hall–Kier alpha value is -3.58. The molecular weight excluding hydrogens is 615 g/mol. The predicted molar refractivity (Wildman–Crippen MR) is 166 cm³/mol. The zero-order valence-electron chi connectivity index (χ0n) is 24.8. The number of carbonyl (C=O) groups is 4. The number of nitrogens with one attached hydrogen (secondary N) is 2. The molecule has 2 aromatic rings. The van der Waals surface area contributed by atoms with Crippen molar-refractivity contribution in [3.05, 3.63) is 46.4 Å². The Balaban J connectivity index is 0.000000244. The Morgan fingerprint density at radius 1 is 0.818 bits per heavy atom. The Kier molecular flexibility index (Phi) is 12.2. The van der Waals surface area contributed by atoms with Gasteiger partial charge in [-0.05, 0) is 83.1 Å². The van der Waals surface area contributed by atoms with Crippen LogP contribution in [0.2, 0.25) is 10.0 Å². The van der Waals surface area contributed by atoms with E-state index in [9.17, 15) is 29.4 Å². The highest BCUT2D eigenvalue weighted by molar-refractivity contribution is 6.32. The molecular formula is C30H38Cl2N4O8. The van der Waals surface area contributed by atoms with Crippen LogP contribution in [-0.2, 0) is 23.9 Å². The van der Waals surface area contributed by atoms with Crippen LogP contribution in [0, 0.1) is 11.8 Å². The van der Waals surface area contributed by atoms with Gasteiger partial charge in [-0.3, -0.25) is 29.0 Å². The second-order valence-corrected chi connectivity index (χ2v) is 12.5. The molecule has 0 spiro atoms. The fraction of sp³-hybridized carbons (Fsp3) is 0.467. The first-order valence-corrected chi connectivity index (χ1v) is 14.8. The van der Waals surface area contributed by atoms with Crippen LogP contribution >= 0.6 is 23.2 Å². The minimum absolute atomic E-state index is 0.0286. The standard InChI is InChI=1S/C17H23ClN2O4.C13H15ClN2O4/c1-17(2,3)24-15(22)10-20-7-6-11(9-20)16(23)19-12-4-5-14(21)13(18)8-12;14-10-5-9(1-2-11(10)17)15-13(20)8-3-4-16(6-8)7-12(18)19/h4-5,8,11,21H,6-7,9-10H2,1-3H3,(H,19,23);1-2,5,8,17H,3-4,6-7H2,(H,15,20)(H,18,19)/t11-;8-/m11/s1. The topological polar surface area (TPSA) is 169 Å². The number of esters is 1. The van der Waals surface area contributed by atoms with Crippen molar-refractivity contribution < 1.29 is 39.2 Å². The largest absolute Gasteiger partial charge is 0.506 e. The summed E-state index contributed by atoms with van der Waals surface area (Å²) >= 11 is 11.6. The van der Waals surface area contributed by atoms with Crippen LogP contribution in [0.5, 0.6) is 11.5 Å². The van der Waals surface area contributed by atoms with Gasteiger partial charge in [-0.1, -0.05) is 23.2 Å². The molecule has 5 N–H and O–H groups in total. The van der Waals surface area contributed by atoms with Crippen LogP contribution in [0.1, 0.15) is 33.6 Å². The van der Waals surface area contributed by atoms with Crippen molar-refractivity contribution in [1.82, 2.24) is 9.80 Å². The number of carbonyl (C=O) groups excluding carboxylic acids is 3. The SMILES string of the molecule is CC(C)(C)OC(=O)CN1CC[C@@H](C(=O)Nc2ccc(O)c(Cl)c2)C1.O=C(O)CN1CC[C@@H](C(=O)Nc2ccc(O)c(Cl)c2)C1. The summed E-state index contributed by atoms with van der Waals surface area (Å²) in [6.45, 7) is 7.84. The number of ether oxygens (including phenoxy) is 1. The maximum atomic E-state index is 12.3. The van der Waals surface area contributed by atoms with E-state index in [0.717, 1.165) is 0 Å². The third kappa shape index (κ3) is 11.2. The molecule has 0 unspecified atom stereocenters. The van der Waals surface area contributed by atoms with E-state index in [1.54, 1.807) is 17.0 Å². The molecule has 0 bridgehead atoms. The van der Waals surface area contributed by atoms with Gasteiger partial charge in [0.15, 0.2) is 0 Å². The number of carboxylic acid groups (broad SMARTS) is 1. The van der Waals surface area contributed by atoms with Gasteiger partial charge >= 0.3 is 11.9 Å². The number of amides is 2.